The highest BCUT2D eigenvalue weighted by molar-refractivity contribution is 5.95. The molecule has 104 valence electrons. The minimum Gasteiger partial charge on any atom is -0.303 e. The summed E-state index contributed by atoms with van der Waals surface area (Å²) in [5.41, 5.74) is 0.854. The van der Waals surface area contributed by atoms with Crippen molar-refractivity contribution < 1.29 is 4.79 Å². The van der Waals surface area contributed by atoms with Gasteiger partial charge in [-0.25, -0.2) is 0 Å². The monoisotopic (exact) mass is 259 g/mol. The molecule has 2 rings (SSSR count). The van der Waals surface area contributed by atoms with Gasteiger partial charge in [0.2, 0.25) is 0 Å². The molecule has 2 nitrogen and oxygen atoms in total. The number of nitrogens with zero attached hydrogens (tertiary/aromatic N) is 1. The molecule has 1 aliphatic heterocycles. The molecule has 19 heavy (non-hydrogen) atoms. The second kappa shape index (κ2) is 7.44. The van der Waals surface area contributed by atoms with Gasteiger partial charge in [-0.05, 0) is 51.2 Å². The van der Waals surface area contributed by atoms with Crippen molar-refractivity contribution in [1.82, 2.24) is 4.90 Å². The Morgan fingerprint density at radius 3 is 2.79 bits per heavy atom. The number of benzene rings is 1. The van der Waals surface area contributed by atoms with E-state index in [2.05, 4.69) is 11.8 Å². The van der Waals surface area contributed by atoms with Crippen LogP contribution in [0.25, 0.3) is 0 Å². The number of hydrogen-bond acceptors (Lipinski definition) is 2. The zero-order valence-electron chi connectivity index (χ0n) is 12.0. The van der Waals surface area contributed by atoms with E-state index in [-0.39, 0.29) is 5.78 Å². The number of likely N-dealkylation sites (tertiary alicyclic amines) is 1. The molecule has 1 saturated heterocycles. The highest BCUT2D eigenvalue weighted by Crippen LogP contribution is 2.17. The molecule has 0 aliphatic carbocycles. The summed E-state index contributed by atoms with van der Waals surface area (Å²) in [5, 5.41) is 0. The Morgan fingerprint density at radius 1 is 1.21 bits per heavy atom. The summed E-state index contributed by atoms with van der Waals surface area (Å²) in [6, 6.07) is 9.65. The van der Waals surface area contributed by atoms with E-state index in [1.165, 1.54) is 32.4 Å². The maximum Gasteiger partial charge on any atom is 0.162 e. The van der Waals surface area contributed by atoms with Gasteiger partial charge in [0.25, 0.3) is 0 Å². The fraction of sp³-hybridized carbons (Fsp3) is 0.588. The van der Waals surface area contributed by atoms with Gasteiger partial charge in [0.1, 0.15) is 0 Å². The molecule has 1 heterocycles. The van der Waals surface area contributed by atoms with Gasteiger partial charge < -0.3 is 4.90 Å². The van der Waals surface area contributed by atoms with Crippen LogP contribution in [0.15, 0.2) is 30.3 Å². The Bertz CT molecular complexity index is 388. The number of carbonyl (C=O) groups is 1. The van der Waals surface area contributed by atoms with Gasteiger partial charge in [-0.1, -0.05) is 37.3 Å². The highest BCUT2D eigenvalue weighted by atomic mass is 16.1. The largest absolute Gasteiger partial charge is 0.303 e. The summed E-state index contributed by atoms with van der Waals surface area (Å²) in [6.45, 7) is 5.85. The molecule has 0 bridgehead atoms. The third kappa shape index (κ3) is 4.79. The lowest BCUT2D eigenvalue weighted by Gasteiger charge is -2.19. The molecule has 1 unspecified atom stereocenters. The summed E-state index contributed by atoms with van der Waals surface area (Å²) in [6.07, 6.45) is 5.65. The molecule has 1 aliphatic rings. The summed E-state index contributed by atoms with van der Waals surface area (Å²) in [4.78, 5) is 14.5. The molecule has 1 atom stereocenters. The maximum atomic E-state index is 12.0. The first kappa shape index (κ1) is 14.3. The third-order valence-corrected chi connectivity index (χ3v) is 4.08. The Hall–Kier alpha value is -1.15. The second-order valence-electron chi connectivity index (χ2n) is 5.77. The van der Waals surface area contributed by atoms with Crippen LogP contribution in [0.4, 0.5) is 0 Å². The first-order valence-corrected chi connectivity index (χ1v) is 7.56. The van der Waals surface area contributed by atoms with Gasteiger partial charge in [-0.15, -0.1) is 0 Å². The van der Waals surface area contributed by atoms with Gasteiger partial charge in [0.05, 0.1) is 0 Å². The van der Waals surface area contributed by atoms with Crippen molar-refractivity contribution in [3.63, 3.8) is 0 Å². The second-order valence-corrected chi connectivity index (χ2v) is 5.77. The summed E-state index contributed by atoms with van der Waals surface area (Å²) >= 11 is 0. The average Bonchev–Trinajstić information content (AvgIpc) is 2.65. The van der Waals surface area contributed by atoms with Crippen molar-refractivity contribution in [3.8, 4) is 0 Å². The number of hydrogen-bond donors (Lipinski definition) is 0. The van der Waals surface area contributed by atoms with Crippen molar-refractivity contribution in [2.24, 2.45) is 5.92 Å². The van der Waals surface area contributed by atoms with Crippen LogP contribution in [0.1, 0.15) is 49.4 Å². The molecular formula is C17H25NO. The molecule has 1 fully saturated rings. The molecule has 2 heteroatoms. The first-order chi connectivity index (χ1) is 9.25. The minimum atomic E-state index is 0.281. The predicted molar refractivity (Wildman–Crippen MR) is 79.5 cm³/mol. The SMILES string of the molecule is CC1CCCN(CCCC(=O)c2ccccc2)CC1. The lowest BCUT2D eigenvalue weighted by Crippen LogP contribution is -2.26. The standard InChI is InChI=1S/C17H25NO/c1-15-7-5-12-18(14-11-15)13-6-10-17(19)16-8-3-2-4-9-16/h2-4,8-9,15H,5-7,10-14H2,1H3. The van der Waals surface area contributed by atoms with Crippen LogP contribution in [-0.2, 0) is 0 Å². The number of rotatable bonds is 5. The summed E-state index contributed by atoms with van der Waals surface area (Å²) < 4.78 is 0. The van der Waals surface area contributed by atoms with Crippen LogP contribution in [0.2, 0.25) is 0 Å². The van der Waals surface area contributed by atoms with Crippen molar-refractivity contribution >= 4 is 5.78 Å². The highest BCUT2D eigenvalue weighted by Gasteiger charge is 2.13. The number of ketones is 1. The quantitative estimate of drug-likeness (QED) is 0.750. The van der Waals surface area contributed by atoms with Crippen LogP contribution >= 0.6 is 0 Å². The molecule has 0 N–H and O–H groups in total. The van der Waals surface area contributed by atoms with E-state index in [0.717, 1.165) is 24.4 Å². The van der Waals surface area contributed by atoms with Crippen LogP contribution in [0, 0.1) is 5.92 Å². The van der Waals surface area contributed by atoms with E-state index in [4.69, 9.17) is 0 Å². The average molecular weight is 259 g/mol. The zero-order valence-corrected chi connectivity index (χ0v) is 12.0. The normalized spacial score (nSPS) is 21.0. The van der Waals surface area contributed by atoms with Crippen LogP contribution in [-0.4, -0.2) is 30.3 Å². The van der Waals surface area contributed by atoms with E-state index in [0.29, 0.717) is 6.42 Å². The molecule has 1 aromatic rings. The van der Waals surface area contributed by atoms with E-state index < -0.39 is 0 Å². The van der Waals surface area contributed by atoms with Crippen molar-refractivity contribution in [2.45, 2.75) is 39.0 Å². The topological polar surface area (TPSA) is 20.3 Å². The van der Waals surface area contributed by atoms with E-state index >= 15 is 0 Å². The van der Waals surface area contributed by atoms with Gasteiger partial charge in [0, 0.05) is 12.0 Å². The number of carbonyl (C=O) groups excluding carboxylic acids is 1. The van der Waals surface area contributed by atoms with Gasteiger partial charge in [-0.3, -0.25) is 4.79 Å². The Labute approximate surface area is 116 Å². The molecule has 0 amide bonds. The first-order valence-electron chi connectivity index (χ1n) is 7.56. The van der Waals surface area contributed by atoms with Crippen molar-refractivity contribution in [1.29, 1.82) is 0 Å². The van der Waals surface area contributed by atoms with Crippen molar-refractivity contribution in [2.75, 3.05) is 19.6 Å². The lowest BCUT2D eigenvalue weighted by molar-refractivity contribution is 0.0975. The molecule has 0 spiro atoms. The molecule has 1 aromatic carbocycles. The van der Waals surface area contributed by atoms with E-state index in [1.54, 1.807) is 0 Å². The lowest BCUT2D eigenvalue weighted by atomic mass is 10.0. The summed E-state index contributed by atoms with van der Waals surface area (Å²) in [5.74, 6) is 1.15. The molecule has 0 aromatic heterocycles. The Kier molecular flexibility index (Phi) is 5.59. The van der Waals surface area contributed by atoms with Crippen LogP contribution < -0.4 is 0 Å². The van der Waals surface area contributed by atoms with Crippen molar-refractivity contribution in [3.05, 3.63) is 35.9 Å². The molecule has 0 saturated carbocycles. The van der Waals surface area contributed by atoms with Gasteiger partial charge in [0.15, 0.2) is 5.78 Å². The third-order valence-electron chi connectivity index (χ3n) is 4.08. The Balaban J connectivity index is 1.70. The maximum absolute atomic E-state index is 12.0. The predicted octanol–water partition coefficient (Wildman–Crippen LogP) is 3.77. The van der Waals surface area contributed by atoms with E-state index in [9.17, 15) is 4.79 Å². The zero-order chi connectivity index (χ0) is 13.5. The Morgan fingerprint density at radius 2 is 2.00 bits per heavy atom. The van der Waals surface area contributed by atoms with Crippen LogP contribution in [0.5, 0.6) is 0 Å². The fourth-order valence-electron chi connectivity index (χ4n) is 2.78. The summed E-state index contributed by atoms with van der Waals surface area (Å²) in [7, 11) is 0. The van der Waals surface area contributed by atoms with Crippen LogP contribution in [0.3, 0.4) is 0 Å². The number of Topliss-reactive ketones (excluding diaryl/α,β-unsaturated/α-hetero) is 1. The smallest absolute Gasteiger partial charge is 0.162 e. The molecule has 0 radical (unpaired) electrons. The van der Waals surface area contributed by atoms with E-state index in [1.807, 2.05) is 30.3 Å². The van der Waals surface area contributed by atoms with Gasteiger partial charge >= 0.3 is 0 Å². The fourth-order valence-corrected chi connectivity index (χ4v) is 2.78. The minimum absolute atomic E-state index is 0.281. The molecular weight excluding hydrogens is 234 g/mol. The van der Waals surface area contributed by atoms with Gasteiger partial charge in [-0.2, -0.15) is 0 Å².